The first kappa shape index (κ1) is 34.4. The topological polar surface area (TPSA) is 294 Å². The zero-order chi connectivity index (χ0) is 32.4. The van der Waals surface area contributed by atoms with Gasteiger partial charge >= 0.3 is 15.6 Å². The number of phosphoric ester groups is 2. The molecule has 0 bridgehead atoms. The van der Waals surface area contributed by atoms with Crippen LogP contribution in [0.25, 0.3) is 0 Å². The summed E-state index contributed by atoms with van der Waals surface area (Å²) in [5.74, 6) is -1.35. The summed E-state index contributed by atoms with van der Waals surface area (Å²) in [7, 11) is -10.7. The zero-order valence-corrected chi connectivity index (χ0v) is 24.7. The monoisotopic (exact) mass is 668 g/mol. The summed E-state index contributed by atoms with van der Waals surface area (Å²) in [6.07, 6.45) is -1.74. The Morgan fingerprint density at radius 2 is 1.30 bits per heavy atom. The first-order valence-corrected chi connectivity index (χ1v) is 16.1. The SMILES string of the molecule is NC(=O)C1=CN(CC2O[C@H](COP(=O)(O)OP(=O)(O)OC[C@H]3OC(N4C=CCC(C(N)=O)=C4)[C@H](O)[C@@H]3O)[C@@H](O)[C@H]2O)C=CC1. The average Bonchev–Trinajstić information content (AvgIpc) is 3.39. The Morgan fingerprint density at radius 1 is 0.795 bits per heavy atom. The number of phosphoric acid groups is 2. The van der Waals surface area contributed by atoms with Gasteiger partial charge in [-0.25, -0.2) is 9.13 Å². The summed E-state index contributed by atoms with van der Waals surface area (Å²) in [6.45, 7) is -1.78. The highest BCUT2D eigenvalue weighted by Gasteiger charge is 2.48. The van der Waals surface area contributed by atoms with Crippen molar-refractivity contribution in [2.75, 3.05) is 19.8 Å². The van der Waals surface area contributed by atoms with E-state index >= 15 is 0 Å². The fourth-order valence-corrected chi connectivity index (χ4v) is 6.83. The van der Waals surface area contributed by atoms with E-state index in [2.05, 4.69) is 8.83 Å². The van der Waals surface area contributed by atoms with Crippen LogP contribution >= 0.6 is 15.6 Å². The average molecular weight is 668 g/mol. The highest BCUT2D eigenvalue weighted by Crippen LogP contribution is 2.60. The second-order valence-electron chi connectivity index (χ2n) is 10.2. The van der Waals surface area contributed by atoms with E-state index in [1.807, 2.05) is 0 Å². The third-order valence-corrected chi connectivity index (χ3v) is 9.60. The van der Waals surface area contributed by atoms with E-state index in [0.29, 0.717) is 12.0 Å². The lowest BCUT2D eigenvalue weighted by Crippen LogP contribution is -2.40. The van der Waals surface area contributed by atoms with Gasteiger partial charge in [-0.05, 0) is 19.0 Å². The van der Waals surface area contributed by atoms with Crippen LogP contribution in [0, 0.1) is 0 Å². The number of allylic oxidation sites excluding steroid dienone is 2. The molecule has 0 spiro atoms. The normalized spacial score (nSPS) is 34.8. The fourth-order valence-electron chi connectivity index (χ4n) is 4.74. The Bertz CT molecular complexity index is 1320. The molecule has 246 valence electrons. The number of amides is 2. The van der Waals surface area contributed by atoms with Crippen molar-refractivity contribution in [2.24, 2.45) is 11.5 Å². The van der Waals surface area contributed by atoms with Gasteiger partial charge in [-0.15, -0.1) is 0 Å². The standard InChI is InChI=1S/C23H34N4O15P2/c24-21(32)12-3-1-5-26(7-12)9-14-17(28)18(29)15(40-14)10-38-43(34,35)42-44(36,37)39-11-16-19(30)20(31)23(41-16)27-6-2-4-13(8-27)22(25)33/h1-2,5-8,14-20,23,28-31H,3-4,9-11H2,(H2,24,32)(H2,25,33)(H,34,35)(H,36,37)/t14?,15-,16-,17+,18-,19-,20-,23?/m1/s1. The van der Waals surface area contributed by atoms with Crippen molar-refractivity contribution >= 4 is 27.5 Å². The Labute approximate surface area is 250 Å². The third-order valence-electron chi connectivity index (χ3n) is 7.00. The molecule has 0 aromatic carbocycles. The van der Waals surface area contributed by atoms with Crippen molar-refractivity contribution in [1.82, 2.24) is 9.80 Å². The summed E-state index contributed by atoms with van der Waals surface area (Å²) in [5.41, 5.74) is 11.0. The number of nitrogens with two attached hydrogens (primary N) is 2. The highest BCUT2D eigenvalue weighted by molar-refractivity contribution is 7.61. The first-order valence-electron chi connectivity index (χ1n) is 13.1. The minimum Gasteiger partial charge on any atom is -0.388 e. The highest BCUT2D eigenvalue weighted by atomic mass is 31.3. The molecule has 21 heteroatoms. The largest absolute Gasteiger partial charge is 0.481 e. The van der Waals surface area contributed by atoms with Gasteiger partial charge in [-0.1, -0.05) is 12.2 Å². The van der Waals surface area contributed by atoms with Crippen LogP contribution in [0.1, 0.15) is 12.8 Å². The Hall–Kier alpha value is -2.48. The maximum absolute atomic E-state index is 12.4. The van der Waals surface area contributed by atoms with Crippen molar-refractivity contribution in [2.45, 2.75) is 61.8 Å². The number of aliphatic hydroxyl groups excluding tert-OH is 4. The molecule has 4 aliphatic rings. The molecule has 10 atom stereocenters. The van der Waals surface area contributed by atoms with E-state index < -0.39 is 89.6 Å². The van der Waals surface area contributed by atoms with E-state index in [9.17, 15) is 48.9 Å². The molecular weight excluding hydrogens is 634 g/mol. The van der Waals surface area contributed by atoms with Crippen LogP contribution in [0.15, 0.2) is 48.1 Å². The van der Waals surface area contributed by atoms with Gasteiger partial charge in [0, 0.05) is 29.7 Å². The van der Waals surface area contributed by atoms with Gasteiger partial charge < -0.3 is 61.0 Å². The molecule has 0 aromatic rings. The maximum atomic E-state index is 12.4. The van der Waals surface area contributed by atoms with Crippen molar-refractivity contribution in [3.63, 3.8) is 0 Å². The quantitative estimate of drug-likeness (QED) is 0.0930. The van der Waals surface area contributed by atoms with Crippen LogP contribution in [-0.2, 0) is 41.6 Å². The van der Waals surface area contributed by atoms with Crippen molar-refractivity contribution in [1.29, 1.82) is 0 Å². The smallest absolute Gasteiger partial charge is 0.388 e. The summed E-state index contributed by atoms with van der Waals surface area (Å²) >= 11 is 0. The second kappa shape index (κ2) is 13.9. The number of aliphatic hydroxyl groups is 4. The molecule has 4 rings (SSSR count). The Balaban J connectivity index is 1.27. The van der Waals surface area contributed by atoms with E-state index in [0.717, 1.165) is 0 Å². The lowest BCUT2D eigenvalue weighted by molar-refractivity contribution is -0.115. The molecule has 4 aliphatic heterocycles. The van der Waals surface area contributed by atoms with Gasteiger partial charge in [0.15, 0.2) is 6.23 Å². The number of hydrogen-bond acceptors (Lipinski definition) is 15. The molecule has 2 fully saturated rings. The van der Waals surface area contributed by atoms with Crippen molar-refractivity contribution in [3.8, 4) is 0 Å². The van der Waals surface area contributed by atoms with E-state index in [-0.39, 0.29) is 18.5 Å². The number of primary amides is 2. The van der Waals surface area contributed by atoms with Crippen LogP contribution < -0.4 is 11.5 Å². The van der Waals surface area contributed by atoms with Gasteiger partial charge in [0.25, 0.3) is 0 Å². The summed E-state index contributed by atoms with van der Waals surface area (Å²) < 4.78 is 49.4. The van der Waals surface area contributed by atoms with Crippen LogP contribution in [0.2, 0.25) is 0 Å². The zero-order valence-electron chi connectivity index (χ0n) is 22.9. The molecule has 0 radical (unpaired) electrons. The van der Waals surface area contributed by atoms with Gasteiger partial charge in [0.1, 0.15) is 42.7 Å². The number of nitrogens with zero attached hydrogens (tertiary/aromatic N) is 2. The molecule has 4 unspecified atom stereocenters. The molecule has 4 heterocycles. The minimum atomic E-state index is -5.35. The summed E-state index contributed by atoms with van der Waals surface area (Å²) in [5, 5.41) is 41.4. The van der Waals surface area contributed by atoms with Crippen LogP contribution in [0.3, 0.4) is 0 Å². The van der Waals surface area contributed by atoms with Crippen LogP contribution in [0.5, 0.6) is 0 Å². The molecule has 2 saturated heterocycles. The number of hydrogen-bond donors (Lipinski definition) is 8. The molecule has 0 saturated carbocycles. The first-order chi connectivity index (χ1) is 20.6. The van der Waals surface area contributed by atoms with Crippen LogP contribution in [-0.4, -0.2) is 121 Å². The van der Waals surface area contributed by atoms with Gasteiger partial charge in [-0.3, -0.25) is 18.6 Å². The van der Waals surface area contributed by atoms with Crippen LogP contribution in [0.4, 0.5) is 0 Å². The van der Waals surface area contributed by atoms with Gasteiger partial charge in [0.2, 0.25) is 11.8 Å². The number of carbonyl (C=O) groups excluding carboxylic acids is 2. The Kier molecular flexibility index (Phi) is 10.9. The van der Waals surface area contributed by atoms with E-state index in [1.54, 1.807) is 18.4 Å². The second-order valence-corrected chi connectivity index (χ2v) is 13.3. The minimum absolute atomic E-state index is 0.0315. The molecule has 0 aliphatic carbocycles. The van der Waals surface area contributed by atoms with Crippen molar-refractivity contribution in [3.05, 3.63) is 48.1 Å². The van der Waals surface area contributed by atoms with Gasteiger partial charge in [-0.2, -0.15) is 4.31 Å². The van der Waals surface area contributed by atoms with E-state index in [4.69, 9.17) is 25.5 Å². The molecule has 0 aromatic heterocycles. The maximum Gasteiger partial charge on any atom is 0.481 e. The molecule has 19 nitrogen and oxygen atoms in total. The summed E-state index contributed by atoms with van der Waals surface area (Å²) in [4.78, 5) is 45.6. The predicted octanol–water partition coefficient (Wildman–Crippen LogP) is -2.65. The molecule has 44 heavy (non-hydrogen) atoms. The molecular formula is C23H34N4O15P2. The number of rotatable bonds is 13. The van der Waals surface area contributed by atoms with Gasteiger partial charge in [0.05, 0.1) is 19.8 Å². The summed E-state index contributed by atoms with van der Waals surface area (Å²) in [6, 6.07) is 0. The third kappa shape index (κ3) is 8.41. The molecule has 10 N–H and O–H groups in total. The number of carbonyl (C=O) groups is 2. The lowest BCUT2D eigenvalue weighted by Gasteiger charge is -2.28. The lowest BCUT2D eigenvalue weighted by atomic mass is 10.1. The fraction of sp³-hybridized carbons (Fsp3) is 0.565. The predicted molar refractivity (Wildman–Crippen MR) is 145 cm³/mol. The molecule has 2 amide bonds. The number of ether oxygens (including phenoxy) is 2. The Morgan fingerprint density at radius 3 is 1.89 bits per heavy atom. The van der Waals surface area contributed by atoms with E-state index in [1.165, 1.54) is 28.4 Å². The van der Waals surface area contributed by atoms with Crippen molar-refractivity contribution < 1.29 is 71.8 Å².